The van der Waals surface area contributed by atoms with Crippen LogP contribution in [0, 0.1) is 0 Å². The number of halogens is 2. The molecule has 1 nitrogen and oxygen atoms in total. The van der Waals surface area contributed by atoms with Crippen molar-refractivity contribution in [1.82, 2.24) is 5.32 Å². The highest BCUT2D eigenvalue weighted by molar-refractivity contribution is 9.10. The van der Waals surface area contributed by atoms with Gasteiger partial charge in [0.05, 0.1) is 0 Å². The van der Waals surface area contributed by atoms with Crippen molar-refractivity contribution in [2.75, 3.05) is 5.33 Å². The largest absolute Gasteiger partial charge is 0.309 e. The van der Waals surface area contributed by atoms with Gasteiger partial charge in [0.2, 0.25) is 0 Å². The Bertz CT molecular complexity index is 246. The minimum Gasteiger partial charge on any atom is -0.309 e. The van der Waals surface area contributed by atoms with Gasteiger partial charge < -0.3 is 5.32 Å². The molecule has 0 heterocycles. The number of alkyl halides is 1. The van der Waals surface area contributed by atoms with E-state index >= 15 is 0 Å². The van der Waals surface area contributed by atoms with E-state index in [4.69, 9.17) is 0 Å². The van der Waals surface area contributed by atoms with Crippen LogP contribution < -0.4 is 5.32 Å². The maximum Gasteiger partial charge on any atom is 0.0208 e. The van der Waals surface area contributed by atoms with Crippen LogP contribution in [0.4, 0.5) is 0 Å². The van der Waals surface area contributed by atoms with Gasteiger partial charge in [-0.3, -0.25) is 0 Å². The summed E-state index contributed by atoms with van der Waals surface area (Å²) in [6.07, 6.45) is 0. The van der Waals surface area contributed by atoms with Crippen molar-refractivity contribution in [1.29, 1.82) is 0 Å². The van der Waals surface area contributed by atoms with Gasteiger partial charge in [-0.25, -0.2) is 0 Å². The predicted octanol–water partition coefficient (Wildman–Crippen LogP) is 3.32. The highest BCUT2D eigenvalue weighted by atomic mass is 79.9. The first kappa shape index (κ1) is 11.2. The molecule has 0 fully saturated rings. The van der Waals surface area contributed by atoms with Crippen molar-refractivity contribution in [3.63, 3.8) is 0 Å². The molecule has 0 aromatic heterocycles. The van der Waals surface area contributed by atoms with E-state index in [1.54, 1.807) is 0 Å². The van der Waals surface area contributed by atoms with E-state index in [0.29, 0.717) is 6.04 Å². The molecule has 0 aliphatic heterocycles. The summed E-state index contributed by atoms with van der Waals surface area (Å²) in [7, 11) is 0. The molecule has 1 aromatic rings. The van der Waals surface area contributed by atoms with E-state index < -0.39 is 0 Å². The first-order chi connectivity index (χ1) is 6.22. The summed E-state index contributed by atoms with van der Waals surface area (Å²) in [6.45, 7) is 3.09. The summed E-state index contributed by atoms with van der Waals surface area (Å²) in [5.74, 6) is 0. The van der Waals surface area contributed by atoms with Gasteiger partial charge in [-0.1, -0.05) is 44.0 Å². The second-order valence-electron chi connectivity index (χ2n) is 3.06. The van der Waals surface area contributed by atoms with E-state index in [1.807, 2.05) is 0 Å². The Hall–Kier alpha value is 0.140. The van der Waals surface area contributed by atoms with E-state index in [1.165, 1.54) is 5.56 Å². The third-order valence-electron chi connectivity index (χ3n) is 1.80. The molecule has 0 aliphatic carbocycles. The lowest BCUT2D eigenvalue weighted by Gasteiger charge is -2.10. The van der Waals surface area contributed by atoms with Crippen LogP contribution in [0.5, 0.6) is 0 Å². The Labute approximate surface area is 96.2 Å². The quantitative estimate of drug-likeness (QED) is 0.842. The highest BCUT2D eigenvalue weighted by Crippen LogP contribution is 2.10. The SMILES string of the molecule is CC(CBr)NCc1ccc(Br)cc1. The molecule has 0 bridgehead atoms. The smallest absolute Gasteiger partial charge is 0.0208 e. The van der Waals surface area contributed by atoms with Crippen LogP contribution in [-0.4, -0.2) is 11.4 Å². The maximum atomic E-state index is 3.43. The van der Waals surface area contributed by atoms with Crippen LogP contribution in [0.2, 0.25) is 0 Å². The van der Waals surface area contributed by atoms with Gasteiger partial charge in [-0.05, 0) is 24.6 Å². The topological polar surface area (TPSA) is 12.0 Å². The maximum absolute atomic E-state index is 3.43. The molecular weight excluding hydrogens is 294 g/mol. The Morgan fingerprint density at radius 2 is 1.92 bits per heavy atom. The minimum atomic E-state index is 0.517. The van der Waals surface area contributed by atoms with Crippen LogP contribution in [0.3, 0.4) is 0 Å². The lowest BCUT2D eigenvalue weighted by atomic mass is 10.2. The van der Waals surface area contributed by atoms with Gasteiger partial charge in [-0.2, -0.15) is 0 Å². The summed E-state index contributed by atoms with van der Waals surface area (Å²) in [6, 6.07) is 8.89. The summed E-state index contributed by atoms with van der Waals surface area (Å²) >= 11 is 6.84. The average Bonchev–Trinajstić information content (AvgIpc) is 2.16. The summed E-state index contributed by atoms with van der Waals surface area (Å²) in [5, 5.41) is 4.40. The van der Waals surface area contributed by atoms with Gasteiger partial charge in [0.25, 0.3) is 0 Å². The zero-order valence-corrected chi connectivity index (χ0v) is 10.7. The van der Waals surface area contributed by atoms with E-state index in [-0.39, 0.29) is 0 Å². The lowest BCUT2D eigenvalue weighted by Crippen LogP contribution is -2.26. The first-order valence-corrected chi connectivity index (χ1v) is 6.17. The zero-order chi connectivity index (χ0) is 9.68. The van der Waals surface area contributed by atoms with Crippen molar-refractivity contribution in [2.24, 2.45) is 0 Å². The Kier molecular flexibility index (Phi) is 4.99. The molecule has 1 rings (SSSR count). The molecule has 1 unspecified atom stereocenters. The molecule has 1 aromatic carbocycles. The Balaban J connectivity index is 2.41. The van der Waals surface area contributed by atoms with Crippen LogP contribution in [0.1, 0.15) is 12.5 Å². The third-order valence-corrected chi connectivity index (χ3v) is 3.30. The van der Waals surface area contributed by atoms with E-state index in [0.717, 1.165) is 16.3 Å². The Morgan fingerprint density at radius 3 is 2.46 bits per heavy atom. The minimum absolute atomic E-state index is 0.517. The molecule has 0 saturated carbocycles. The standard InChI is InChI=1S/C10H13Br2N/c1-8(6-11)13-7-9-2-4-10(12)5-3-9/h2-5,8,13H,6-7H2,1H3. The van der Waals surface area contributed by atoms with E-state index in [2.05, 4.69) is 68.4 Å². The first-order valence-electron chi connectivity index (χ1n) is 4.26. The van der Waals surface area contributed by atoms with E-state index in [9.17, 15) is 0 Å². The van der Waals surface area contributed by atoms with Gasteiger partial charge >= 0.3 is 0 Å². The molecule has 0 aliphatic rings. The van der Waals surface area contributed by atoms with Crippen molar-refractivity contribution < 1.29 is 0 Å². The molecule has 1 N–H and O–H groups in total. The zero-order valence-electron chi connectivity index (χ0n) is 7.56. The number of rotatable bonds is 4. The van der Waals surface area contributed by atoms with Crippen LogP contribution in [-0.2, 0) is 6.54 Å². The van der Waals surface area contributed by atoms with Crippen LogP contribution in [0.15, 0.2) is 28.7 Å². The fourth-order valence-corrected chi connectivity index (χ4v) is 1.44. The van der Waals surface area contributed by atoms with Crippen molar-refractivity contribution in [3.8, 4) is 0 Å². The van der Waals surface area contributed by atoms with Gasteiger partial charge in [-0.15, -0.1) is 0 Å². The van der Waals surface area contributed by atoms with Gasteiger partial charge in [0, 0.05) is 22.4 Å². The molecule has 0 amide bonds. The van der Waals surface area contributed by atoms with Crippen molar-refractivity contribution in [2.45, 2.75) is 19.5 Å². The lowest BCUT2D eigenvalue weighted by molar-refractivity contribution is 0.598. The van der Waals surface area contributed by atoms with Crippen LogP contribution in [0.25, 0.3) is 0 Å². The molecule has 1 atom stereocenters. The average molecular weight is 307 g/mol. The van der Waals surface area contributed by atoms with Crippen LogP contribution >= 0.6 is 31.9 Å². The van der Waals surface area contributed by atoms with Gasteiger partial charge in [0.15, 0.2) is 0 Å². The number of hydrogen-bond donors (Lipinski definition) is 1. The third kappa shape index (κ3) is 4.25. The molecule has 72 valence electrons. The second-order valence-corrected chi connectivity index (χ2v) is 4.63. The molecule has 0 spiro atoms. The fourth-order valence-electron chi connectivity index (χ4n) is 0.949. The second kappa shape index (κ2) is 5.78. The molecular formula is C10H13Br2N. The molecule has 3 heteroatoms. The van der Waals surface area contributed by atoms with Crippen molar-refractivity contribution >= 4 is 31.9 Å². The number of hydrogen-bond acceptors (Lipinski definition) is 1. The molecule has 0 radical (unpaired) electrons. The molecule has 0 saturated heterocycles. The summed E-state index contributed by atoms with van der Waals surface area (Å²) in [4.78, 5) is 0. The van der Waals surface area contributed by atoms with Crippen molar-refractivity contribution in [3.05, 3.63) is 34.3 Å². The molecule has 13 heavy (non-hydrogen) atoms. The Morgan fingerprint density at radius 1 is 1.31 bits per heavy atom. The number of nitrogens with one attached hydrogen (secondary N) is 1. The summed E-state index contributed by atoms with van der Waals surface area (Å²) in [5.41, 5.74) is 1.32. The predicted molar refractivity (Wildman–Crippen MR) is 64.2 cm³/mol. The highest BCUT2D eigenvalue weighted by Gasteiger charge is 1.98. The normalized spacial score (nSPS) is 12.8. The number of benzene rings is 1. The summed E-state index contributed by atoms with van der Waals surface area (Å²) < 4.78 is 1.13. The van der Waals surface area contributed by atoms with Gasteiger partial charge in [0.1, 0.15) is 0 Å². The monoisotopic (exact) mass is 305 g/mol. The fraction of sp³-hybridized carbons (Fsp3) is 0.400.